The number of hydrogen-bond acceptors (Lipinski definition) is 2. The van der Waals surface area contributed by atoms with E-state index in [1.807, 2.05) is 13.8 Å². The Hall–Kier alpha value is -0.370. The van der Waals surface area contributed by atoms with E-state index in [9.17, 15) is 9.90 Å². The quantitative estimate of drug-likeness (QED) is 0.728. The van der Waals surface area contributed by atoms with E-state index in [1.165, 1.54) is 32.1 Å². The van der Waals surface area contributed by atoms with Crippen LogP contribution in [0.3, 0.4) is 0 Å². The van der Waals surface area contributed by atoms with Gasteiger partial charge in [-0.15, -0.1) is 0 Å². The van der Waals surface area contributed by atoms with Crippen LogP contribution in [0.4, 0.5) is 0 Å². The van der Waals surface area contributed by atoms with Crippen molar-refractivity contribution in [3.05, 3.63) is 0 Å². The smallest absolute Gasteiger partial charge is 0.138 e. The summed E-state index contributed by atoms with van der Waals surface area (Å²) in [6.07, 6.45) is 8.82. The van der Waals surface area contributed by atoms with Crippen LogP contribution in [-0.4, -0.2) is 16.5 Å². The minimum absolute atomic E-state index is 0.0128. The first kappa shape index (κ1) is 14.6. The first-order valence-electron chi connectivity index (χ1n) is 8.80. The molecule has 0 amide bonds. The molecule has 4 fully saturated rings. The molecular weight excluding hydrogens is 248 g/mol. The van der Waals surface area contributed by atoms with Gasteiger partial charge in [-0.3, -0.25) is 4.79 Å². The van der Waals surface area contributed by atoms with Crippen LogP contribution in [0.2, 0.25) is 0 Å². The molecule has 20 heavy (non-hydrogen) atoms. The second-order valence-electron chi connectivity index (χ2n) is 7.71. The Balaban J connectivity index is 0.000000581. The van der Waals surface area contributed by atoms with Crippen molar-refractivity contribution in [2.45, 2.75) is 77.7 Å². The van der Waals surface area contributed by atoms with Gasteiger partial charge in [-0.2, -0.15) is 0 Å². The minimum Gasteiger partial charge on any atom is -0.389 e. The topological polar surface area (TPSA) is 37.3 Å². The van der Waals surface area contributed by atoms with Crippen molar-refractivity contribution in [1.29, 1.82) is 0 Å². The molecule has 0 aromatic heterocycles. The van der Waals surface area contributed by atoms with Gasteiger partial charge in [0.25, 0.3) is 0 Å². The van der Waals surface area contributed by atoms with Crippen LogP contribution in [0.1, 0.15) is 72.1 Å². The van der Waals surface area contributed by atoms with Gasteiger partial charge >= 0.3 is 0 Å². The summed E-state index contributed by atoms with van der Waals surface area (Å²) in [5.74, 6) is 2.31. The second-order valence-corrected chi connectivity index (χ2v) is 7.71. The van der Waals surface area contributed by atoms with Crippen LogP contribution in [0.15, 0.2) is 0 Å². The molecule has 2 heteroatoms. The van der Waals surface area contributed by atoms with Gasteiger partial charge in [0, 0.05) is 12.3 Å². The number of hydrogen-bond donors (Lipinski definition) is 1. The molecule has 114 valence electrons. The fraction of sp³-hybridized carbons (Fsp3) is 0.944. The predicted molar refractivity (Wildman–Crippen MR) is 80.3 cm³/mol. The number of carbonyl (C=O) groups is 1. The second kappa shape index (κ2) is 4.83. The van der Waals surface area contributed by atoms with E-state index in [0.717, 1.165) is 18.8 Å². The highest BCUT2D eigenvalue weighted by Gasteiger charge is 2.64. The van der Waals surface area contributed by atoms with Crippen molar-refractivity contribution in [2.75, 3.05) is 0 Å². The van der Waals surface area contributed by atoms with Crippen molar-refractivity contribution < 1.29 is 9.90 Å². The van der Waals surface area contributed by atoms with Crippen LogP contribution < -0.4 is 0 Å². The zero-order valence-corrected chi connectivity index (χ0v) is 13.3. The molecule has 4 saturated carbocycles. The maximum absolute atomic E-state index is 12.0. The zero-order valence-electron chi connectivity index (χ0n) is 13.3. The van der Waals surface area contributed by atoms with Crippen LogP contribution in [-0.2, 0) is 4.79 Å². The van der Waals surface area contributed by atoms with Gasteiger partial charge in [-0.1, -0.05) is 27.2 Å². The Morgan fingerprint density at radius 3 is 2.60 bits per heavy atom. The normalized spacial score (nSPS) is 52.9. The third-order valence-corrected chi connectivity index (χ3v) is 7.07. The fourth-order valence-electron chi connectivity index (χ4n) is 6.29. The summed E-state index contributed by atoms with van der Waals surface area (Å²) in [6.45, 7) is 6.44. The maximum Gasteiger partial charge on any atom is 0.138 e. The molecule has 1 N–H and O–H groups in total. The lowest BCUT2D eigenvalue weighted by Gasteiger charge is -2.44. The Morgan fingerprint density at radius 2 is 1.85 bits per heavy atom. The molecule has 2 nitrogen and oxygen atoms in total. The Kier molecular flexibility index (Phi) is 3.52. The average Bonchev–Trinajstić information content (AvgIpc) is 3.03. The van der Waals surface area contributed by atoms with Gasteiger partial charge in [-0.25, -0.2) is 0 Å². The molecule has 0 aliphatic heterocycles. The number of rotatable bonds is 0. The number of Topliss-reactive ketones (excluding diaryl/α,β-unsaturated/α-hetero) is 1. The van der Waals surface area contributed by atoms with E-state index in [2.05, 4.69) is 6.92 Å². The Labute approximate surface area is 123 Å². The number of carbonyl (C=O) groups excluding carboxylic acids is 1. The summed E-state index contributed by atoms with van der Waals surface area (Å²) in [5, 5.41) is 11.1. The molecule has 6 unspecified atom stereocenters. The van der Waals surface area contributed by atoms with Crippen molar-refractivity contribution in [3.63, 3.8) is 0 Å². The largest absolute Gasteiger partial charge is 0.389 e. The van der Waals surface area contributed by atoms with Gasteiger partial charge in [0.05, 0.1) is 5.60 Å². The van der Waals surface area contributed by atoms with Crippen LogP contribution in [0.5, 0.6) is 0 Å². The highest BCUT2D eigenvalue weighted by atomic mass is 16.3. The molecule has 4 aliphatic carbocycles. The molecule has 4 aliphatic rings. The highest BCUT2D eigenvalue weighted by Crippen LogP contribution is 2.66. The summed E-state index contributed by atoms with van der Waals surface area (Å²) in [4.78, 5) is 12.0. The monoisotopic (exact) mass is 278 g/mol. The molecule has 0 spiro atoms. The van der Waals surface area contributed by atoms with E-state index < -0.39 is 5.60 Å². The molecule has 4 rings (SSSR count). The van der Waals surface area contributed by atoms with Crippen molar-refractivity contribution >= 4 is 5.78 Å². The van der Waals surface area contributed by atoms with Gasteiger partial charge in [-0.05, 0) is 61.7 Å². The number of fused-ring (bicyclic) bond motifs is 5. The highest BCUT2D eigenvalue weighted by molar-refractivity contribution is 5.85. The Bertz CT molecular complexity index is 404. The predicted octanol–water partition coefficient (Wildman–Crippen LogP) is 3.96. The van der Waals surface area contributed by atoms with E-state index in [0.29, 0.717) is 29.5 Å². The van der Waals surface area contributed by atoms with Crippen molar-refractivity contribution in [2.24, 2.45) is 29.1 Å². The van der Waals surface area contributed by atoms with Gasteiger partial charge in [0.2, 0.25) is 0 Å². The van der Waals surface area contributed by atoms with E-state index in [-0.39, 0.29) is 5.92 Å². The van der Waals surface area contributed by atoms with Gasteiger partial charge in [0.15, 0.2) is 0 Å². The SMILES string of the molecule is CC.CC12CCCC1C1CCC3C(=O)CCC3(O)C1C2. The Morgan fingerprint density at radius 1 is 1.10 bits per heavy atom. The van der Waals surface area contributed by atoms with E-state index >= 15 is 0 Å². The van der Waals surface area contributed by atoms with E-state index in [4.69, 9.17) is 0 Å². The first-order valence-corrected chi connectivity index (χ1v) is 8.80. The molecule has 6 atom stereocenters. The van der Waals surface area contributed by atoms with Crippen LogP contribution in [0.25, 0.3) is 0 Å². The summed E-state index contributed by atoms with van der Waals surface area (Å²) in [6, 6.07) is 0. The summed E-state index contributed by atoms with van der Waals surface area (Å²) in [5.41, 5.74) is -0.140. The van der Waals surface area contributed by atoms with Gasteiger partial charge < -0.3 is 5.11 Å². The van der Waals surface area contributed by atoms with Crippen LogP contribution >= 0.6 is 0 Å². The first-order chi connectivity index (χ1) is 9.55. The molecule has 0 aromatic carbocycles. The molecule has 0 heterocycles. The molecule has 0 bridgehead atoms. The average molecular weight is 278 g/mol. The number of aliphatic hydroxyl groups is 1. The molecular formula is C18H30O2. The van der Waals surface area contributed by atoms with E-state index in [1.54, 1.807) is 0 Å². The summed E-state index contributed by atoms with van der Waals surface area (Å²) < 4.78 is 0. The number of ketones is 1. The molecule has 0 radical (unpaired) electrons. The van der Waals surface area contributed by atoms with Crippen molar-refractivity contribution in [1.82, 2.24) is 0 Å². The lowest BCUT2D eigenvalue weighted by atomic mass is 9.64. The molecule has 0 aromatic rings. The third kappa shape index (κ3) is 1.76. The third-order valence-electron chi connectivity index (χ3n) is 7.07. The standard InChI is InChI=1S/C16H24O2.C2H6/c1-15-7-2-3-11(15)10-4-5-12-14(17)6-8-16(12,18)13(10)9-15;1-2/h10-13,18H,2-9H2,1H3;1-2H3. The lowest BCUT2D eigenvalue weighted by molar-refractivity contribution is -0.135. The van der Waals surface area contributed by atoms with Crippen LogP contribution in [0, 0.1) is 29.1 Å². The summed E-state index contributed by atoms with van der Waals surface area (Å²) >= 11 is 0. The van der Waals surface area contributed by atoms with Crippen molar-refractivity contribution in [3.8, 4) is 0 Å². The molecule has 0 saturated heterocycles. The van der Waals surface area contributed by atoms with Gasteiger partial charge in [0.1, 0.15) is 5.78 Å². The maximum atomic E-state index is 12.0. The fourth-order valence-corrected chi connectivity index (χ4v) is 6.29. The zero-order chi connectivity index (χ0) is 14.5. The lowest BCUT2D eigenvalue weighted by Crippen LogP contribution is -2.49. The summed E-state index contributed by atoms with van der Waals surface area (Å²) in [7, 11) is 0. The minimum atomic E-state index is -0.618.